The van der Waals surface area contributed by atoms with Gasteiger partial charge in [-0.3, -0.25) is 4.57 Å². The summed E-state index contributed by atoms with van der Waals surface area (Å²) in [4.78, 5) is 15.9. The largest absolute Gasteiger partial charge is 0.478 e. The first-order valence-electron chi connectivity index (χ1n) is 6.61. The number of hydrogen-bond acceptors (Lipinski definition) is 2. The molecule has 3 rings (SSSR count). The van der Waals surface area contributed by atoms with Crippen molar-refractivity contribution in [3.63, 3.8) is 0 Å². The molecule has 0 spiro atoms. The summed E-state index contributed by atoms with van der Waals surface area (Å²) in [6.07, 6.45) is 0.735. The van der Waals surface area contributed by atoms with E-state index in [-0.39, 0.29) is 5.56 Å². The highest BCUT2D eigenvalue weighted by atomic mass is 127. The summed E-state index contributed by atoms with van der Waals surface area (Å²) in [6, 6.07) is 13.4. The number of aromatic nitrogens is 2. The van der Waals surface area contributed by atoms with E-state index < -0.39 is 5.97 Å². The second-order valence-electron chi connectivity index (χ2n) is 4.68. The van der Waals surface area contributed by atoms with E-state index in [2.05, 4.69) is 33.6 Å². The topological polar surface area (TPSA) is 55.1 Å². The summed E-state index contributed by atoms with van der Waals surface area (Å²) in [5, 5.41) is 9.32. The summed E-state index contributed by atoms with van der Waals surface area (Å²) < 4.78 is 3.16. The summed E-state index contributed by atoms with van der Waals surface area (Å²) in [5.74, 6) is -0.0868. The first kappa shape index (κ1) is 14.1. The number of rotatable bonds is 3. The van der Waals surface area contributed by atoms with Crippen LogP contribution in [0.4, 0.5) is 0 Å². The van der Waals surface area contributed by atoms with Crippen LogP contribution in [0.2, 0.25) is 0 Å². The Labute approximate surface area is 135 Å². The number of carbonyl (C=O) groups is 1. The fraction of sp³-hybridized carbons (Fsp3) is 0.125. The van der Waals surface area contributed by atoms with E-state index in [1.165, 1.54) is 0 Å². The molecule has 0 saturated heterocycles. The lowest BCUT2D eigenvalue weighted by Crippen LogP contribution is -2.00. The monoisotopic (exact) mass is 392 g/mol. The molecule has 0 fully saturated rings. The van der Waals surface area contributed by atoms with Gasteiger partial charge in [0, 0.05) is 15.7 Å². The molecule has 0 unspecified atom stereocenters. The molecule has 3 aromatic rings. The average Bonchev–Trinajstić information content (AvgIpc) is 2.85. The molecule has 0 atom stereocenters. The first-order chi connectivity index (χ1) is 10.1. The standard InChI is InChI=1S/C16H13IN2O2/c1-2-14-18-15-12(16(20)21)7-4-8-13(15)19(14)11-6-3-5-10(17)9-11/h3-9H,2H2,1H3,(H,20,21). The molecule has 21 heavy (non-hydrogen) atoms. The van der Waals surface area contributed by atoms with Crippen molar-refractivity contribution in [1.82, 2.24) is 9.55 Å². The number of carboxylic acids is 1. The molecule has 1 heterocycles. The molecule has 4 nitrogen and oxygen atoms in total. The zero-order valence-corrected chi connectivity index (χ0v) is 13.5. The molecular formula is C16H13IN2O2. The Hall–Kier alpha value is -1.89. The predicted molar refractivity (Wildman–Crippen MR) is 90.1 cm³/mol. The van der Waals surface area contributed by atoms with E-state index in [0.717, 1.165) is 27.0 Å². The second-order valence-corrected chi connectivity index (χ2v) is 5.92. The number of hydrogen-bond donors (Lipinski definition) is 1. The predicted octanol–water partition coefficient (Wildman–Crippen LogP) is 3.89. The van der Waals surface area contributed by atoms with Crippen LogP contribution in [0.5, 0.6) is 0 Å². The fourth-order valence-corrected chi connectivity index (χ4v) is 2.99. The van der Waals surface area contributed by atoms with Crippen molar-refractivity contribution < 1.29 is 9.90 Å². The molecule has 0 amide bonds. The van der Waals surface area contributed by atoms with Gasteiger partial charge in [-0.1, -0.05) is 19.1 Å². The highest BCUT2D eigenvalue weighted by Gasteiger charge is 2.17. The van der Waals surface area contributed by atoms with Crippen LogP contribution in [-0.4, -0.2) is 20.6 Å². The van der Waals surface area contributed by atoms with E-state index in [0.29, 0.717) is 5.52 Å². The number of aromatic carboxylic acids is 1. The number of nitrogens with zero attached hydrogens (tertiary/aromatic N) is 2. The van der Waals surface area contributed by atoms with Crippen LogP contribution < -0.4 is 0 Å². The van der Waals surface area contributed by atoms with Crippen LogP contribution in [-0.2, 0) is 6.42 Å². The Morgan fingerprint density at radius 3 is 2.71 bits per heavy atom. The molecule has 2 aromatic carbocycles. The van der Waals surface area contributed by atoms with Gasteiger partial charge in [-0.2, -0.15) is 0 Å². The fourth-order valence-electron chi connectivity index (χ4n) is 2.46. The van der Waals surface area contributed by atoms with E-state index in [4.69, 9.17) is 0 Å². The van der Waals surface area contributed by atoms with Crippen LogP contribution in [0.3, 0.4) is 0 Å². The maximum atomic E-state index is 11.4. The van der Waals surface area contributed by atoms with Gasteiger partial charge in [-0.25, -0.2) is 9.78 Å². The van der Waals surface area contributed by atoms with Crippen LogP contribution >= 0.6 is 22.6 Å². The van der Waals surface area contributed by atoms with Crippen molar-refractivity contribution in [2.75, 3.05) is 0 Å². The number of benzene rings is 2. The molecule has 1 aromatic heterocycles. The molecule has 0 radical (unpaired) electrons. The maximum Gasteiger partial charge on any atom is 0.337 e. The molecule has 5 heteroatoms. The molecule has 106 valence electrons. The highest BCUT2D eigenvalue weighted by Crippen LogP contribution is 2.25. The lowest BCUT2D eigenvalue weighted by Gasteiger charge is -2.08. The summed E-state index contributed by atoms with van der Waals surface area (Å²) in [6.45, 7) is 2.02. The normalized spacial score (nSPS) is 11.0. The van der Waals surface area contributed by atoms with Crippen molar-refractivity contribution in [1.29, 1.82) is 0 Å². The van der Waals surface area contributed by atoms with E-state index >= 15 is 0 Å². The summed E-state index contributed by atoms with van der Waals surface area (Å²) in [5.41, 5.74) is 2.62. The number of para-hydroxylation sites is 1. The number of carboxylic acid groups (broad SMARTS) is 1. The quantitative estimate of drug-likeness (QED) is 0.689. The van der Waals surface area contributed by atoms with Crippen molar-refractivity contribution in [3.05, 3.63) is 57.4 Å². The third kappa shape index (κ3) is 2.42. The van der Waals surface area contributed by atoms with Crippen LogP contribution in [0.1, 0.15) is 23.1 Å². The minimum Gasteiger partial charge on any atom is -0.478 e. The number of imidazole rings is 1. The van der Waals surface area contributed by atoms with E-state index in [1.807, 2.05) is 35.8 Å². The molecular weight excluding hydrogens is 379 g/mol. The van der Waals surface area contributed by atoms with Gasteiger partial charge in [0.2, 0.25) is 0 Å². The summed E-state index contributed by atoms with van der Waals surface area (Å²) in [7, 11) is 0. The Morgan fingerprint density at radius 1 is 1.29 bits per heavy atom. The Kier molecular flexibility index (Phi) is 3.67. The van der Waals surface area contributed by atoms with E-state index in [1.54, 1.807) is 12.1 Å². The second kappa shape index (κ2) is 5.48. The highest BCUT2D eigenvalue weighted by molar-refractivity contribution is 14.1. The Bertz CT molecular complexity index is 839. The van der Waals surface area contributed by atoms with Crippen molar-refractivity contribution in [3.8, 4) is 5.69 Å². The van der Waals surface area contributed by atoms with Gasteiger partial charge in [-0.05, 0) is 52.9 Å². The lowest BCUT2D eigenvalue weighted by molar-refractivity contribution is 0.0699. The number of aryl methyl sites for hydroxylation is 1. The van der Waals surface area contributed by atoms with Gasteiger partial charge >= 0.3 is 5.97 Å². The molecule has 0 bridgehead atoms. The van der Waals surface area contributed by atoms with Crippen LogP contribution in [0, 0.1) is 3.57 Å². The zero-order chi connectivity index (χ0) is 15.0. The molecule has 0 aliphatic rings. The molecule has 0 aliphatic heterocycles. The first-order valence-corrected chi connectivity index (χ1v) is 7.69. The van der Waals surface area contributed by atoms with Crippen molar-refractivity contribution >= 4 is 39.6 Å². The smallest absolute Gasteiger partial charge is 0.337 e. The van der Waals surface area contributed by atoms with Gasteiger partial charge in [-0.15, -0.1) is 0 Å². The van der Waals surface area contributed by atoms with E-state index in [9.17, 15) is 9.90 Å². The maximum absolute atomic E-state index is 11.4. The SMILES string of the molecule is CCc1nc2c(C(=O)O)cccc2n1-c1cccc(I)c1. The zero-order valence-electron chi connectivity index (χ0n) is 11.4. The molecule has 0 saturated carbocycles. The summed E-state index contributed by atoms with van der Waals surface area (Å²) >= 11 is 2.27. The minimum atomic E-state index is -0.949. The Morgan fingerprint density at radius 2 is 2.05 bits per heavy atom. The Balaban J connectivity index is 2.36. The van der Waals surface area contributed by atoms with Crippen LogP contribution in [0.25, 0.3) is 16.7 Å². The third-order valence-corrected chi connectivity index (χ3v) is 4.04. The molecule has 1 N–H and O–H groups in total. The van der Waals surface area contributed by atoms with Crippen molar-refractivity contribution in [2.24, 2.45) is 0 Å². The van der Waals surface area contributed by atoms with Gasteiger partial charge in [0.25, 0.3) is 0 Å². The minimum absolute atomic E-state index is 0.242. The van der Waals surface area contributed by atoms with Gasteiger partial charge in [0.1, 0.15) is 11.3 Å². The molecule has 0 aliphatic carbocycles. The lowest BCUT2D eigenvalue weighted by atomic mass is 10.2. The van der Waals surface area contributed by atoms with Gasteiger partial charge in [0.15, 0.2) is 0 Å². The van der Waals surface area contributed by atoms with Gasteiger partial charge in [0.05, 0.1) is 11.1 Å². The third-order valence-electron chi connectivity index (χ3n) is 3.37. The number of halogens is 1. The van der Waals surface area contributed by atoms with Crippen LogP contribution in [0.15, 0.2) is 42.5 Å². The van der Waals surface area contributed by atoms with Crippen molar-refractivity contribution in [2.45, 2.75) is 13.3 Å². The number of fused-ring (bicyclic) bond motifs is 1. The average molecular weight is 392 g/mol. The van der Waals surface area contributed by atoms with Gasteiger partial charge < -0.3 is 5.11 Å².